The van der Waals surface area contributed by atoms with Gasteiger partial charge in [-0.1, -0.05) is 49.3 Å². The van der Waals surface area contributed by atoms with Crippen LogP contribution in [0.25, 0.3) is 0 Å². The molecule has 0 unspecified atom stereocenters. The third kappa shape index (κ3) is 6.93. The standard InChI is InChI=1S/C16H19ClN4O4S/c1-10(2)7-18-15(23)19-13(22)9-26-16-21-20-14(25-16)8-24-12-6-4-3-5-11(12)17/h3-6,10H,7-9H2,1-2H3,(H2,18,19,22,23). The Labute approximate surface area is 160 Å². The van der Waals surface area contributed by atoms with Crippen LogP contribution in [-0.2, 0) is 11.4 Å². The van der Waals surface area contributed by atoms with Gasteiger partial charge in [-0.05, 0) is 18.1 Å². The number of thioether (sulfide) groups is 1. The van der Waals surface area contributed by atoms with Crippen LogP contribution < -0.4 is 15.4 Å². The third-order valence-electron chi connectivity index (χ3n) is 2.89. The molecule has 8 nitrogen and oxygen atoms in total. The van der Waals surface area contributed by atoms with E-state index in [0.29, 0.717) is 23.2 Å². The van der Waals surface area contributed by atoms with E-state index in [2.05, 4.69) is 20.8 Å². The average molecular weight is 399 g/mol. The molecule has 1 aromatic heterocycles. The molecular formula is C16H19ClN4O4S. The molecule has 2 rings (SSSR count). The summed E-state index contributed by atoms with van der Waals surface area (Å²) in [5.74, 6) is 0.580. The van der Waals surface area contributed by atoms with Crippen LogP contribution in [0.15, 0.2) is 33.9 Å². The van der Waals surface area contributed by atoms with E-state index in [4.69, 9.17) is 20.8 Å². The Morgan fingerprint density at radius 1 is 1.31 bits per heavy atom. The average Bonchev–Trinajstić information content (AvgIpc) is 3.05. The summed E-state index contributed by atoms with van der Waals surface area (Å²) in [4.78, 5) is 23.2. The van der Waals surface area contributed by atoms with E-state index in [9.17, 15) is 9.59 Å². The number of ether oxygens (including phenoxy) is 1. The second-order valence-electron chi connectivity index (χ2n) is 5.62. The molecule has 26 heavy (non-hydrogen) atoms. The first-order chi connectivity index (χ1) is 12.4. The lowest BCUT2D eigenvalue weighted by atomic mass is 10.2. The first-order valence-electron chi connectivity index (χ1n) is 7.84. The maximum Gasteiger partial charge on any atom is 0.321 e. The summed E-state index contributed by atoms with van der Waals surface area (Å²) in [5, 5.41) is 13.2. The number of nitrogens with one attached hydrogen (secondary N) is 2. The molecule has 0 aliphatic rings. The summed E-state index contributed by atoms with van der Waals surface area (Å²) in [5.41, 5.74) is 0. The van der Waals surface area contributed by atoms with Crippen molar-refractivity contribution in [2.24, 2.45) is 5.92 Å². The Balaban J connectivity index is 1.73. The van der Waals surface area contributed by atoms with Crippen LogP contribution in [0.4, 0.5) is 4.79 Å². The Morgan fingerprint density at radius 3 is 2.81 bits per heavy atom. The van der Waals surface area contributed by atoms with Gasteiger partial charge in [-0.3, -0.25) is 10.1 Å². The largest absolute Gasteiger partial charge is 0.482 e. The van der Waals surface area contributed by atoms with Crippen LogP contribution in [0, 0.1) is 5.92 Å². The fourth-order valence-electron chi connectivity index (χ4n) is 1.69. The number of carbonyl (C=O) groups is 2. The van der Waals surface area contributed by atoms with Crippen molar-refractivity contribution in [2.45, 2.75) is 25.7 Å². The number of hydrogen-bond donors (Lipinski definition) is 2. The van der Waals surface area contributed by atoms with Crippen molar-refractivity contribution in [1.29, 1.82) is 0 Å². The number of hydrogen-bond acceptors (Lipinski definition) is 7. The predicted octanol–water partition coefficient (Wildman–Crippen LogP) is 2.88. The second-order valence-corrected chi connectivity index (χ2v) is 6.96. The molecule has 140 valence electrons. The fourth-order valence-corrected chi connectivity index (χ4v) is 2.46. The van der Waals surface area contributed by atoms with Crippen molar-refractivity contribution in [3.8, 4) is 5.75 Å². The summed E-state index contributed by atoms with van der Waals surface area (Å²) < 4.78 is 10.9. The minimum atomic E-state index is -0.524. The van der Waals surface area contributed by atoms with Gasteiger partial charge in [0, 0.05) is 6.54 Å². The van der Waals surface area contributed by atoms with Crippen molar-refractivity contribution < 1.29 is 18.7 Å². The minimum absolute atomic E-state index is 0.0257. The lowest BCUT2D eigenvalue weighted by molar-refractivity contribution is -0.117. The first-order valence-corrected chi connectivity index (χ1v) is 9.20. The first kappa shape index (κ1) is 20.1. The number of carbonyl (C=O) groups excluding carboxylic acids is 2. The quantitative estimate of drug-likeness (QED) is 0.658. The molecule has 0 fully saturated rings. The van der Waals surface area contributed by atoms with Gasteiger partial charge in [-0.2, -0.15) is 0 Å². The van der Waals surface area contributed by atoms with Crippen molar-refractivity contribution in [3.63, 3.8) is 0 Å². The van der Waals surface area contributed by atoms with Crippen molar-refractivity contribution in [1.82, 2.24) is 20.8 Å². The molecule has 10 heteroatoms. The fraction of sp³-hybridized carbons (Fsp3) is 0.375. The van der Waals surface area contributed by atoms with Crippen LogP contribution >= 0.6 is 23.4 Å². The van der Waals surface area contributed by atoms with Crippen LogP contribution in [0.2, 0.25) is 5.02 Å². The number of benzene rings is 1. The molecule has 0 spiro atoms. The summed E-state index contributed by atoms with van der Waals surface area (Å²) in [6.07, 6.45) is 0. The Hall–Kier alpha value is -2.26. The monoisotopic (exact) mass is 398 g/mol. The third-order valence-corrected chi connectivity index (χ3v) is 4.02. The molecule has 0 radical (unpaired) electrons. The second kappa shape index (κ2) is 10.0. The molecule has 0 aliphatic carbocycles. The van der Waals surface area contributed by atoms with E-state index in [1.165, 1.54) is 0 Å². The van der Waals surface area contributed by atoms with Gasteiger partial charge < -0.3 is 14.5 Å². The molecule has 0 aliphatic heterocycles. The zero-order chi connectivity index (χ0) is 18.9. The van der Waals surface area contributed by atoms with Crippen molar-refractivity contribution in [3.05, 3.63) is 35.2 Å². The summed E-state index contributed by atoms with van der Waals surface area (Å²) in [6.45, 7) is 4.47. The maximum absolute atomic E-state index is 11.7. The van der Waals surface area contributed by atoms with Gasteiger partial charge in [0.1, 0.15) is 5.75 Å². The number of para-hydroxylation sites is 1. The molecule has 1 aromatic carbocycles. The highest BCUT2D eigenvalue weighted by molar-refractivity contribution is 7.99. The Kier molecular flexibility index (Phi) is 7.73. The van der Waals surface area contributed by atoms with E-state index in [0.717, 1.165) is 11.8 Å². The van der Waals surface area contributed by atoms with E-state index < -0.39 is 11.9 Å². The molecule has 0 atom stereocenters. The highest BCUT2D eigenvalue weighted by Crippen LogP contribution is 2.24. The normalized spacial score (nSPS) is 10.6. The van der Waals surface area contributed by atoms with Gasteiger partial charge in [0.05, 0.1) is 10.8 Å². The van der Waals surface area contributed by atoms with E-state index in [1.807, 2.05) is 13.8 Å². The maximum atomic E-state index is 11.7. The van der Waals surface area contributed by atoms with Crippen molar-refractivity contribution >= 4 is 35.3 Å². The van der Waals surface area contributed by atoms with E-state index in [-0.39, 0.29) is 23.5 Å². The van der Waals surface area contributed by atoms with Crippen LogP contribution in [0.3, 0.4) is 0 Å². The summed E-state index contributed by atoms with van der Waals surface area (Å²) >= 11 is 7.02. The Bertz CT molecular complexity index is 753. The van der Waals surface area contributed by atoms with Crippen molar-refractivity contribution in [2.75, 3.05) is 12.3 Å². The number of aromatic nitrogens is 2. The summed E-state index contributed by atoms with van der Waals surface area (Å²) in [6, 6.07) is 6.51. The van der Waals surface area contributed by atoms with Gasteiger partial charge in [-0.25, -0.2) is 4.79 Å². The van der Waals surface area contributed by atoms with Crippen LogP contribution in [-0.4, -0.2) is 34.4 Å². The molecule has 0 saturated heterocycles. The van der Waals surface area contributed by atoms with Gasteiger partial charge in [-0.15, -0.1) is 10.2 Å². The number of imide groups is 1. The minimum Gasteiger partial charge on any atom is -0.482 e. The summed E-state index contributed by atoms with van der Waals surface area (Å²) in [7, 11) is 0. The molecular weight excluding hydrogens is 380 g/mol. The molecule has 0 bridgehead atoms. The topological polar surface area (TPSA) is 106 Å². The number of nitrogens with zero attached hydrogens (tertiary/aromatic N) is 2. The zero-order valence-electron chi connectivity index (χ0n) is 14.3. The van der Waals surface area contributed by atoms with Gasteiger partial charge >= 0.3 is 6.03 Å². The number of urea groups is 1. The molecule has 3 amide bonds. The SMILES string of the molecule is CC(C)CNC(=O)NC(=O)CSc1nnc(COc2ccccc2Cl)o1. The van der Waals surface area contributed by atoms with Gasteiger partial charge in [0.15, 0.2) is 6.61 Å². The lowest BCUT2D eigenvalue weighted by Crippen LogP contribution is -2.41. The zero-order valence-corrected chi connectivity index (χ0v) is 15.9. The molecule has 1 heterocycles. The number of amides is 3. The van der Waals surface area contributed by atoms with E-state index in [1.54, 1.807) is 24.3 Å². The molecule has 0 saturated carbocycles. The highest BCUT2D eigenvalue weighted by atomic mass is 35.5. The number of halogens is 1. The smallest absolute Gasteiger partial charge is 0.321 e. The van der Waals surface area contributed by atoms with Crippen LogP contribution in [0.1, 0.15) is 19.7 Å². The van der Waals surface area contributed by atoms with Gasteiger partial charge in [0.25, 0.3) is 11.1 Å². The van der Waals surface area contributed by atoms with E-state index >= 15 is 0 Å². The van der Waals surface area contributed by atoms with Crippen LogP contribution in [0.5, 0.6) is 5.75 Å². The Morgan fingerprint density at radius 2 is 2.08 bits per heavy atom. The lowest BCUT2D eigenvalue weighted by Gasteiger charge is -2.07. The predicted molar refractivity (Wildman–Crippen MR) is 97.2 cm³/mol. The molecule has 2 aromatic rings. The molecule has 2 N–H and O–H groups in total. The number of rotatable bonds is 8. The highest BCUT2D eigenvalue weighted by Gasteiger charge is 2.13. The van der Waals surface area contributed by atoms with Gasteiger partial charge in [0.2, 0.25) is 5.91 Å².